The molecule has 0 unspecified atom stereocenters. The molecule has 1 aromatic carbocycles. The summed E-state index contributed by atoms with van der Waals surface area (Å²) in [6.45, 7) is 2.67. The van der Waals surface area contributed by atoms with Crippen LogP contribution in [0.25, 0.3) is 5.69 Å². The SMILES string of the molecule is O=C1CO[C@H]2CCN(C(=O)N3C[C@@H]4[C@H](C3)[C@@H]4c3ccn(-c4ccc(F)cc4Cl)n3)C[C@H]2N1. The number of nitrogens with zero attached hydrogens (tertiary/aromatic N) is 4. The Morgan fingerprint density at radius 1 is 1.19 bits per heavy atom. The molecule has 1 saturated carbocycles. The number of likely N-dealkylation sites (tertiary alicyclic amines) is 2. The highest BCUT2D eigenvalue weighted by molar-refractivity contribution is 6.32. The van der Waals surface area contributed by atoms with Crippen molar-refractivity contribution in [2.24, 2.45) is 11.8 Å². The predicted octanol–water partition coefficient (Wildman–Crippen LogP) is 2.02. The molecule has 2 aromatic rings. The molecule has 5 atom stereocenters. The molecule has 6 rings (SSSR count). The van der Waals surface area contributed by atoms with Gasteiger partial charge < -0.3 is 19.9 Å². The number of rotatable bonds is 2. The summed E-state index contributed by atoms with van der Waals surface area (Å²) in [4.78, 5) is 28.4. The van der Waals surface area contributed by atoms with E-state index < -0.39 is 0 Å². The summed E-state index contributed by atoms with van der Waals surface area (Å²) in [6, 6.07) is 6.16. The molecular weight excluding hydrogens is 437 g/mol. The summed E-state index contributed by atoms with van der Waals surface area (Å²) in [5.41, 5.74) is 1.62. The summed E-state index contributed by atoms with van der Waals surface area (Å²) in [5, 5.41) is 7.93. The average molecular weight is 460 g/mol. The fraction of sp³-hybridized carbons (Fsp3) is 0.500. The molecule has 1 aliphatic carbocycles. The molecule has 168 valence electrons. The highest BCUT2D eigenvalue weighted by Crippen LogP contribution is 2.57. The van der Waals surface area contributed by atoms with Crippen LogP contribution in [-0.2, 0) is 9.53 Å². The van der Waals surface area contributed by atoms with Gasteiger partial charge in [-0.2, -0.15) is 5.10 Å². The van der Waals surface area contributed by atoms with Crippen LogP contribution in [0.3, 0.4) is 0 Å². The van der Waals surface area contributed by atoms with Gasteiger partial charge in [0.2, 0.25) is 5.91 Å². The Morgan fingerprint density at radius 2 is 2.00 bits per heavy atom. The molecule has 3 saturated heterocycles. The van der Waals surface area contributed by atoms with Crippen LogP contribution in [0.4, 0.5) is 9.18 Å². The van der Waals surface area contributed by atoms with E-state index in [4.69, 9.17) is 16.3 Å². The van der Waals surface area contributed by atoms with Crippen molar-refractivity contribution in [2.75, 3.05) is 32.8 Å². The molecule has 4 heterocycles. The van der Waals surface area contributed by atoms with E-state index in [1.807, 2.05) is 22.1 Å². The first-order chi connectivity index (χ1) is 15.5. The van der Waals surface area contributed by atoms with Gasteiger partial charge in [-0.3, -0.25) is 4.79 Å². The molecule has 10 heteroatoms. The Balaban J connectivity index is 1.08. The van der Waals surface area contributed by atoms with Crippen molar-refractivity contribution in [3.05, 3.63) is 47.0 Å². The standard InChI is InChI=1S/C22H23ClFN5O3/c23-15-7-12(24)1-2-18(15)29-6-3-16(26-29)21-13-8-28(9-14(13)21)22(31)27-5-4-19-17(10-27)25-20(30)11-32-19/h1-3,6-7,13-14,17,19,21H,4-5,8-11H2,(H,25,30)/t13-,14+,17-,19+,21-/m1/s1. The maximum atomic E-state index is 13.3. The third-order valence-corrected chi connectivity index (χ3v) is 7.47. The van der Waals surface area contributed by atoms with Crippen molar-refractivity contribution in [1.29, 1.82) is 0 Å². The summed E-state index contributed by atoms with van der Waals surface area (Å²) < 4.78 is 20.6. The molecule has 0 radical (unpaired) electrons. The quantitative estimate of drug-likeness (QED) is 0.745. The van der Waals surface area contributed by atoms with Gasteiger partial charge in [-0.05, 0) is 42.5 Å². The minimum absolute atomic E-state index is 0.00201. The normalized spacial score (nSPS) is 31.2. The van der Waals surface area contributed by atoms with Crippen molar-refractivity contribution in [1.82, 2.24) is 24.9 Å². The van der Waals surface area contributed by atoms with E-state index in [2.05, 4.69) is 10.4 Å². The number of ether oxygens (including phenoxy) is 1. The van der Waals surface area contributed by atoms with Crippen molar-refractivity contribution in [2.45, 2.75) is 24.5 Å². The van der Waals surface area contributed by atoms with Gasteiger partial charge >= 0.3 is 6.03 Å². The van der Waals surface area contributed by atoms with E-state index in [0.717, 1.165) is 12.1 Å². The Kier molecular flexibility index (Phi) is 4.65. The molecule has 0 spiro atoms. The number of benzene rings is 1. The zero-order valence-electron chi connectivity index (χ0n) is 17.3. The van der Waals surface area contributed by atoms with Gasteiger partial charge in [0.15, 0.2) is 0 Å². The lowest BCUT2D eigenvalue weighted by molar-refractivity contribution is -0.139. The number of nitrogens with one attached hydrogen (secondary N) is 1. The van der Waals surface area contributed by atoms with Crippen LogP contribution in [0, 0.1) is 17.7 Å². The van der Waals surface area contributed by atoms with Crippen LogP contribution in [-0.4, -0.2) is 76.5 Å². The second kappa shape index (κ2) is 7.45. The first-order valence-electron chi connectivity index (χ1n) is 10.9. The summed E-state index contributed by atoms with van der Waals surface area (Å²) in [5.74, 6) is 0.640. The second-order valence-corrected chi connectivity index (χ2v) is 9.49. The van der Waals surface area contributed by atoms with E-state index in [1.165, 1.54) is 12.1 Å². The van der Waals surface area contributed by atoms with Crippen molar-refractivity contribution in [3.8, 4) is 5.69 Å². The maximum Gasteiger partial charge on any atom is 0.320 e. The van der Waals surface area contributed by atoms with Crippen molar-refractivity contribution in [3.63, 3.8) is 0 Å². The summed E-state index contributed by atoms with van der Waals surface area (Å²) in [7, 11) is 0. The number of piperidine rings is 2. The third-order valence-electron chi connectivity index (χ3n) is 7.17. The van der Waals surface area contributed by atoms with Gasteiger partial charge in [-0.15, -0.1) is 0 Å². The zero-order valence-corrected chi connectivity index (χ0v) is 18.0. The van der Waals surface area contributed by atoms with Crippen molar-refractivity contribution < 1.29 is 18.7 Å². The number of hydrogen-bond acceptors (Lipinski definition) is 4. The van der Waals surface area contributed by atoms with Crippen LogP contribution in [0.5, 0.6) is 0 Å². The molecule has 32 heavy (non-hydrogen) atoms. The third kappa shape index (κ3) is 3.34. The Labute approximate surface area is 189 Å². The fourth-order valence-corrected chi connectivity index (χ4v) is 5.77. The minimum atomic E-state index is -0.379. The highest BCUT2D eigenvalue weighted by atomic mass is 35.5. The first-order valence-corrected chi connectivity index (χ1v) is 11.3. The number of hydrogen-bond donors (Lipinski definition) is 1. The smallest absolute Gasteiger partial charge is 0.320 e. The highest BCUT2D eigenvalue weighted by Gasteiger charge is 2.58. The van der Waals surface area contributed by atoms with Crippen LogP contribution >= 0.6 is 11.6 Å². The number of amides is 3. The Hall–Kier alpha value is -2.65. The number of halogens is 2. The first kappa shape index (κ1) is 20.0. The van der Waals surface area contributed by atoms with Gasteiger partial charge in [0, 0.05) is 38.3 Å². The Morgan fingerprint density at radius 3 is 2.78 bits per heavy atom. The van der Waals surface area contributed by atoms with Crippen LogP contribution in [0.2, 0.25) is 5.02 Å². The topological polar surface area (TPSA) is 79.7 Å². The number of urea groups is 1. The lowest BCUT2D eigenvalue weighted by Gasteiger charge is -2.42. The number of morpholine rings is 1. The van der Waals surface area contributed by atoms with Gasteiger partial charge in [0.1, 0.15) is 12.4 Å². The molecule has 1 N–H and O–H groups in total. The molecule has 0 bridgehead atoms. The number of carbonyl (C=O) groups excluding carboxylic acids is 2. The average Bonchev–Trinajstić information content (AvgIpc) is 3.12. The monoisotopic (exact) mass is 459 g/mol. The molecule has 4 fully saturated rings. The van der Waals surface area contributed by atoms with E-state index in [0.29, 0.717) is 54.6 Å². The van der Waals surface area contributed by atoms with E-state index in [1.54, 1.807) is 10.7 Å². The molecule has 4 aliphatic rings. The molecule has 8 nitrogen and oxygen atoms in total. The number of carbonyl (C=O) groups is 2. The molecule has 1 aromatic heterocycles. The van der Waals surface area contributed by atoms with Gasteiger partial charge in [-0.1, -0.05) is 11.6 Å². The summed E-state index contributed by atoms with van der Waals surface area (Å²) >= 11 is 6.16. The number of aromatic nitrogens is 2. The van der Waals surface area contributed by atoms with Gasteiger partial charge in [0.25, 0.3) is 0 Å². The van der Waals surface area contributed by atoms with Crippen LogP contribution in [0.1, 0.15) is 18.0 Å². The lowest BCUT2D eigenvalue weighted by Crippen LogP contribution is -2.62. The van der Waals surface area contributed by atoms with E-state index >= 15 is 0 Å². The maximum absolute atomic E-state index is 13.3. The van der Waals surface area contributed by atoms with E-state index in [9.17, 15) is 14.0 Å². The molecule has 3 aliphatic heterocycles. The summed E-state index contributed by atoms with van der Waals surface area (Å²) in [6.07, 6.45) is 2.58. The number of fused-ring (bicyclic) bond motifs is 2. The predicted molar refractivity (Wildman–Crippen MR) is 113 cm³/mol. The van der Waals surface area contributed by atoms with Crippen LogP contribution < -0.4 is 5.32 Å². The zero-order chi connectivity index (χ0) is 22.0. The minimum Gasteiger partial charge on any atom is -0.366 e. The van der Waals surface area contributed by atoms with Crippen LogP contribution in [0.15, 0.2) is 30.5 Å². The largest absolute Gasteiger partial charge is 0.366 e. The molecule has 3 amide bonds. The second-order valence-electron chi connectivity index (χ2n) is 9.08. The fourth-order valence-electron chi connectivity index (χ4n) is 5.51. The van der Waals surface area contributed by atoms with E-state index in [-0.39, 0.29) is 36.5 Å². The molecular formula is C22H23ClFN5O3. The van der Waals surface area contributed by atoms with Gasteiger partial charge in [0.05, 0.1) is 28.5 Å². The van der Waals surface area contributed by atoms with Gasteiger partial charge in [-0.25, -0.2) is 13.9 Å². The van der Waals surface area contributed by atoms with Crippen molar-refractivity contribution >= 4 is 23.5 Å². The lowest BCUT2D eigenvalue weighted by atomic mass is 10.0. The Bertz CT molecular complexity index is 1080.